The minimum atomic E-state index is -4.21. The van der Waals surface area contributed by atoms with Gasteiger partial charge in [0.25, 0.3) is 5.69 Å². The van der Waals surface area contributed by atoms with Gasteiger partial charge in [0, 0.05) is 25.2 Å². The summed E-state index contributed by atoms with van der Waals surface area (Å²) in [7, 11) is -4.21. The summed E-state index contributed by atoms with van der Waals surface area (Å²) in [6.45, 7) is 18.0. The van der Waals surface area contributed by atoms with E-state index in [1.807, 2.05) is 0 Å². The molecule has 0 aliphatic heterocycles. The summed E-state index contributed by atoms with van der Waals surface area (Å²) in [5, 5.41) is 14.7. The molecule has 1 N–H and O–H groups in total. The number of hydrogen-bond acceptors (Lipinski definition) is 6. The Morgan fingerprint density at radius 3 is 2.45 bits per heavy atom. The van der Waals surface area contributed by atoms with Gasteiger partial charge in [0.2, 0.25) is 10.0 Å². The van der Waals surface area contributed by atoms with Crippen LogP contribution in [0.15, 0.2) is 40.8 Å². The third kappa shape index (κ3) is 8.37. The number of rotatable bonds is 13. The van der Waals surface area contributed by atoms with Gasteiger partial charge in [-0.3, -0.25) is 10.1 Å². The number of allylic oxidation sites excluding steroid dienone is 1. The number of carbonyl (C=O) groups excluding carboxylic acids is 1. The van der Waals surface area contributed by atoms with Crippen LogP contribution >= 0.6 is 0 Å². The Bertz CT molecular complexity index is 1550. The highest BCUT2D eigenvalue weighted by molar-refractivity contribution is 7.89. The minimum Gasteiger partial charge on any atom is -0.444 e. The van der Waals surface area contributed by atoms with E-state index in [1.54, 1.807) is 26.8 Å². The van der Waals surface area contributed by atoms with Crippen molar-refractivity contribution in [3.05, 3.63) is 46.0 Å². The molecule has 0 bridgehead atoms. The van der Waals surface area contributed by atoms with Gasteiger partial charge in [-0.1, -0.05) is 77.7 Å². The van der Waals surface area contributed by atoms with E-state index in [4.69, 9.17) is 4.74 Å². The molecule has 3 saturated carbocycles. The summed E-state index contributed by atoms with van der Waals surface area (Å²) in [5.41, 5.74) is 0.752. The number of sulfonamides is 1. The van der Waals surface area contributed by atoms with Crippen LogP contribution in [0.4, 0.5) is 10.5 Å². The highest BCUT2D eigenvalue weighted by atomic mass is 32.2. The summed E-state index contributed by atoms with van der Waals surface area (Å²) in [5.74, 6) is 4.36. The first-order chi connectivity index (χ1) is 23.9. The van der Waals surface area contributed by atoms with Crippen molar-refractivity contribution >= 4 is 21.8 Å². The highest BCUT2D eigenvalue weighted by Crippen LogP contribution is 2.67. The first-order valence-electron chi connectivity index (χ1n) is 19.8. The number of ether oxygens (including phenoxy) is 1. The molecule has 5 rings (SSSR count). The molecule has 51 heavy (non-hydrogen) atoms. The molecule has 0 saturated heterocycles. The van der Waals surface area contributed by atoms with Gasteiger partial charge in [-0.15, -0.1) is 0 Å². The van der Waals surface area contributed by atoms with Crippen LogP contribution in [0.2, 0.25) is 0 Å². The van der Waals surface area contributed by atoms with E-state index in [0.29, 0.717) is 36.5 Å². The minimum absolute atomic E-state index is 0.0359. The molecule has 4 aliphatic carbocycles. The van der Waals surface area contributed by atoms with E-state index < -0.39 is 32.3 Å². The van der Waals surface area contributed by atoms with Crippen LogP contribution in [0.5, 0.6) is 0 Å². The van der Waals surface area contributed by atoms with Crippen molar-refractivity contribution in [3.8, 4) is 0 Å². The topological polar surface area (TPSA) is 119 Å². The van der Waals surface area contributed by atoms with Gasteiger partial charge < -0.3 is 10.1 Å². The van der Waals surface area contributed by atoms with Crippen molar-refractivity contribution < 1.29 is 22.9 Å². The molecule has 9 nitrogen and oxygen atoms in total. The van der Waals surface area contributed by atoms with E-state index in [9.17, 15) is 23.3 Å². The Morgan fingerprint density at radius 1 is 1.04 bits per heavy atom. The average Bonchev–Trinajstić information content (AvgIpc) is 3.40. The van der Waals surface area contributed by atoms with Crippen molar-refractivity contribution in [1.29, 1.82) is 0 Å². The number of benzene rings is 1. The number of nitrogens with one attached hydrogen (secondary N) is 1. The van der Waals surface area contributed by atoms with Gasteiger partial charge in [0.1, 0.15) is 5.60 Å². The van der Waals surface area contributed by atoms with Crippen LogP contribution < -0.4 is 5.32 Å². The lowest BCUT2D eigenvalue weighted by Gasteiger charge is -2.59. The molecule has 8 atom stereocenters. The number of alkyl carbamates (subject to hydrolysis) is 1. The number of amides is 1. The predicted molar refractivity (Wildman–Crippen MR) is 203 cm³/mol. The molecule has 0 heterocycles. The standard InChI is InChI=1S/C41H65N3O6S/c1-28(2)13-11-14-29(3)33-19-20-34-32-18-17-30-27-31(21-23-40(30,7)35(32)22-24-41(33,34)8)43(26-12-25-42-38(45)50-39(4,5)6)51(48,49)37-16-10-9-15-36(37)44(46)47/h9-10,15-17,28-29,31-35H,11-14,18-27H2,1-8H3,(H,42,45)/t29-,31+,32+,33-,34+,35+,40+,41-/m1/s1. The van der Waals surface area contributed by atoms with Gasteiger partial charge >= 0.3 is 6.09 Å². The van der Waals surface area contributed by atoms with E-state index in [0.717, 1.165) is 36.5 Å². The monoisotopic (exact) mass is 727 g/mol. The lowest BCUT2D eigenvalue weighted by Crippen LogP contribution is -2.53. The first-order valence-corrected chi connectivity index (χ1v) is 21.2. The molecule has 0 unspecified atom stereocenters. The summed E-state index contributed by atoms with van der Waals surface area (Å²) < 4.78 is 35.6. The smallest absolute Gasteiger partial charge is 0.407 e. The number of fused-ring (bicyclic) bond motifs is 5. The summed E-state index contributed by atoms with van der Waals surface area (Å²) in [4.78, 5) is 23.4. The molecule has 4 aliphatic rings. The molecule has 286 valence electrons. The summed E-state index contributed by atoms with van der Waals surface area (Å²) in [6, 6.07) is 5.32. The summed E-state index contributed by atoms with van der Waals surface area (Å²) in [6.07, 6.45) is 14.8. The predicted octanol–water partition coefficient (Wildman–Crippen LogP) is 9.91. The van der Waals surface area contributed by atoms with E-state index in [-0.39, 0.29) is 29.4 Å². The van der Waals surface area contributed by atoms with Crippen molar-refractivity contribution in [2.75, 3.05) is 13.1 Å². The van der Waals surface area contributed by atoms with Gasteiger partial charge in [-0.2, -0.15) is 4.31 Å². The van der Waals surface area contributed by atoms with Crippen LogP contribution in [-0.4, -0.2) is 48.5 Å². The van der Waals surface area contributed by atoms with Crippen molar-refractivity contribution in [2.45, 2.75) is 149 Å². The average molecular weight is 728 g/mol. The lowest BCUT2D eigenvalue weighted by atomic mass is 9.47. The molecule has 10 heteroatoms. The second-order valence-electron chi connectivity index (χ2n) is 18.3. The Hall–Kier alpha value is -2.46. The van der Waals surface area contributed by atoms with Gasteiger partial charge in [-0.25, -0.2) is 13.2 Å². The molecule has 1 aromatic carbocycles. The van der Waals surface area contributed by atoms with Crippen LogP contribution in [-0.2, 0) is 14.8 Å². The van der Waals surface area contributed by atoms with Crippen LogP contribution in [0.25, 0.3) is 0 Å². The number of para-hydroxylation sites is 1. The molecule has 1 amide bonds. The van der Waals surface area contributed by atoms with Gasteiger partial charge in [0.15, 0.2) is 4.90 Å². The number of hydrogen-bond donors (Lipinski definition) is 1. The fourth-order valence-electron chi connectivity index (χ4n) is 11.1. The quantitative estimate of drug-likeness (QED) is 0.0935. The Balaban J connectivity index is 1.34. The number of nitro groups is 1. The molecular weight excluding hydrogens is 663 g/mol. The summed E-state index contributed by atoms with van der Waals surface area (Å²) >= 11 is 0. The SMILES string of the molecule is CC(C)CCC[C@@H](C)[C@H]1CC[C@H]2[C@@H]3CC=C4C[C@@H](N(CCCNC(=O)OC(C)(C)C)S(=O)(=O)c5ccccc5[N+](=O)[O-])CC[C@]4(C)[C@H]3CC[C@]12C. The van der Waals surface area contributed by atoms with E-state index in [2.05, 4.69) is 46.0 Å². The highest BCUT2D eigenvalue weighted by Gasteiger charge is 2.59. The third-order valence-corrected chi connectivity index (χ3v) is 15.6. The van der Waals surface area contributed by atoms with E-state index in [1.165, 1.54) is 73.0 Å². The second-order valence-corrected chi connectivity index (χ2v) is 20.2. The fraction of sp³-hybridized carbons (Fsp3) is 0.780. The zero-order valence-corrected chi connectivity index (χ0v) is 33.4. The molecule has 1 aromatic rings. The second kappa shape index (κ2) is 15.5. The van der Waals surface area contributed by atoms with E-state index >= 15 is 0 Å². The fourth-order valence-corrected chi connectivity index (χ4v) is 13.0. The molecule has 0 radical (unpaired) electrons. The first kappa shape index (κ1) is 39.7. The van der Waals surface area contributed by atoms with Crippen LogP contribution in [0, 0.1) is 56.5 Å². The number of carbonyl (C=O) groups is 1. The lowest BCUT2D eigenvalue weighted by molar-refractivity contribution is -0.387. The van der Waals surface area contributed by atoms with Gasteiger partial charge in [-0.05, 0) is 131 Å². The maximum atomic E-state index is 14.4. The Kier molecular flexibility index (Phi) is 12.1. The largest absolute Gasteiger partial charge is 0.444 e. The number of nitro benzene ring substituents is 1. The molecule has 3 fully saturated rings. The third-order valence-electron chi connectivity index (χ3n) is 13.6. The normalized spacial score (nSPS) is 31.3. The molecule has 0 aromatic heterocycles. The van der Waals surface area contributed by atoms with Crippen LogP contribution in [0.3, 0.4) is 0 Å². The van der Waals surface area contributed by atoms with Gasteiger partial charge in [0.05, 0.1) is 4.92 Å². The Morgan fingerprint density at radius 2 is 1.76 bits per heavy atom. The maximum absolute atomic E-state index is 14.4. The molecule has 0 spiro atoms. The van der Waals surface area contributed by atoms with Crippen LogP contribution in [0.1, 0.15) is 132 Å². The zero-order chi connectivity index (χ0) is 37.4. The van der Waals surface area contributed by atoms with Crippen molar-refractivity contribution in [1.82, 2.24) is 9.62 Å². The maximum Gasteiger partial charge on any atom is 0.407 e. The van der Waals surface area contributed by atoms with Crippen molar-refractivity contribution in [2.24, 2.45) is 46.3 Å². The number of nitrogens with zero attached hydrogens (tertiary/aromatic N) is 2. The zero-order valence-electron chi connectivity index (χ0n) is 32.6. The molecular formula is C41H65N3O6S. The Labute approximate surface area is 307 Å². The van der Waals surface area contributed by atoms with Crippen molar-refractivity contribution in [3.63, 3.8) is 0 Å².